The van der Waals surface area contributed by atoms with Crippen LogP contribution in [-0.2, 0) is 9.59 Å². The molecule has 8 nitrogen and oxygen atoms in total. The van der Waals surface area contributed by atoms with E-state index < -0.39 is 11.9 Å². The van der Waals surface area contributed by atoms with Crippen molar-refractivity contribution in [3.05, 3.63) is 189 Å². The Hall–Kier alpha value is -7.42. The maximum atomic E-state index is 11.1. The van der Waals surface area contributed by atoms with Crippen LogP contribution in [0, 0.1) is 13.1 Å². The summed E-state index contributed by atoms with van der Waals surface area (Å²) in [7, 11) is 0. The summed E-state index contributed by atoms with van der Waals surface area (Å²) in [4.78, 5) is 30.5. The zero-order chi connectivity index (χ0) is 36.9. The SMILES string of the molecule is [C-]#[N+]C(=Cc1ccc(C=Cc2ccc(N(c3ccc(C=Cc4ccc(C=C([N+]#[C-])C(=O)O)cc4)cc3)c3ccc(OCC)cc3)cc2)cc1)C(=O)O. The smallest absolute Gasteiger partial charge is 0.333 e. The number of aliphatic carboxylic acids is 2. The molecule has 5 aromatic carbocycles. The van der Waals surface area contributed by atoms with Gasteiger partial charge in [-0.2, -0.15) is 0 Å². The van der Waals surface area contributed by atoms with E-state index in [0.29, 0.717) is 17.7 Å². The Balaban J connectivity index is 1.34. The highest BCUT2D eigenvalue weighted by Crippen LogP contribution is 2.36. The average molecular weight is 684 g/mol. The number of anilines is 3. The predicted octanol–water partition coefficient (Wildman–Crippen LogP) is 10.6. The number of nitrogens with zero attached hydrogens (tertiary/aromatic N) is 3. The Morgan fingerprint density at radius 3 is 1.12 bits per heavy atom. The first-order chi connectivity index (χ1) is 25.3. The van der Waals surface area contributed by atoms with Crippen LogP contribution in [0.25, 0.3) is 46.1 Å². The summed E-state index contributed by atoms with van der Waals surface area (Å²) in [5.41, 5.74) is 7.39. The van der Waals surface area contributed by atoms with Gasteiger partial charge in [0.15, 0.2) is 0 Å². The van der Waals surface area contributed by atoms with Gasteiger partial charge in [-0.05, 0) is 101 Å². The molecule has 0 atom stereocenters. The number of benzene rings is 5. The lowest BCUT2D eigenvalue weighted by Crippen LogP contribution is -2.09. The van der Waals surface area contributed by atoms with Crippen molar-refractivity contribution in [2.45, 2.75) is 6.92 Å². The molecular formula is C44H33N3O5. The molecule has 0 amide bonds. The van der Waals surface area contributed by atoms with Gasteiger partial charge in [0.2, 0.25) is 0 Å². The highest BCUT2D eigenvalue weighted by Gasteiger charge is 2.13. The molecule has 0 aliphatic rings. The van der Waals surface area contributed by atoms with E-state index in [1.54, 1.807) is 24.3 Å². The third-order valence-electron chi connectivity index (χ3n) is 7.80. The van der Waals surface area contributed by atoms with Crippen LogP contribution >= 0.6 is 0 Å². The van der Waals surface area contributed by atoms with Crippen LogP contribution in [0.5, 0.6) is 5.75 Å². The second-order valence-electron chi connectivity index (χ2n) is 11.3. The van der Waals surface area contributed by atoms with E-state index in [2.05, 4.69) is 38.9 Å². The third kappa shape index (κ3) is 9.60. The Kier molecular flexibility index (Phi) is 11.9. The molecule has 254 valence electrons. The van der Waals surface area contributed by atoms with Gasteiger partial charge < -0.3 is 19.8 Å². The Bertz CT molecular complexity index is 2100. The van der Waals surface area contributed by atoms with Crippen molar-refractivity contribution < 1.29 is 24.5 Å². The number of hydrogen-bond donors (Lipinski definition) is 2. The zero-order valence-corrected chi connectivity index (χ0v) is 28.2. The van der Waals surface area contributed by atoms with E-state index >= 15 is 0 Å². The molecule has 0 aliphatic carbocycles. The molecular weight excluding hydrogens is 651 g/mol. The van der Waals surface area contributed by atoms with Crippen LogP contribution in [0.2, 0.25) is 0 Å². The van der Waals surface area contributed by atoms with Gasteiger partial charge in [-0.1, -0.05) is 97.1 Å². The Morgan fingerprint density at radius 1 is 0.538 bits per heavy atom. The van der Waals surface area contributed by atoms with E-state index in [-0.39, 0.29) is 11.4 Å². The largest absolute Gasteiger partial charge is 0.494 e. The maximum Gasteiger partial charge on any atom is 0.333 e. The standard InChI is InChI=1S/C44H33N3O5/c1-4-52-40-27-25-39(26-28-40)47(37-21-17-33(18-22-37)7-5-31-9-13-35(14-10-31)29-41(45-2)43(48)49)38-23-19-34(20-24-38)8-6-32-11-15-36(16-12-32)30-42(46-3)44(50)51/h5-30H,4H2,1H3,(H,48,49)(H,50,51). The summed E-state index contributed by atoms with van der Waals surface area (Å²) in [6.07, 6.45) is 10.7. The lowest BCUT2D eigenvalue weighted by molar-refractivity contribution is -0.133. The van der Waals surface area contributed by atoms with E-state index in [1.165, 1.54) is 12.2 Å². The molecule has 0 fully saturated rings. The fourth-order valence-electron chi connectivity index (χ4n) is 5.17. The number of carboxylic acids is 2. The van der Waals surface area contributed by atoms with E-state index in [0.717, 1.165) is 45.1 Å². The number of carbonyl (C=O) groups is 2. The number of rotatable bonds is 13. The quantitative estimate of drug-likeness (QED) is 0.0729. The number of carboxylic acid groups (broad SMARTS) is 2. The maximum absolute atomic E-state index is 11.1. The van der Waals surface area contributed by atoms with Gasteiger partial charge in [0.1, 0.15) is 5.75 Å². The summed E-state index contributed by atoms with van der Waals surface area (Å²) in [6.45, 7) is 16.6. The van der Waals surface area contributed by atoms with Crippen LogP contribution in [-0.4, -0.2) is 28.8 Å². The summed E-state index contributed by atoms with van der Waals surface area (Å²) in [5, 5.41) is 18.2. The molecule has 0 radical (unpaired) electrons. The minimum atomic E-state index is -1.25. The van der Waals surface area contributed by atoms with Crippen molar-refractivity contribution >= 4 is 65.5 Å². The summed E-state index contributed by atoms with van der Waals surface area (Å²) >= 11 is 0. The van der Waals surface area contributed by atoms with Crippen LogP contribution in [0.3, 0.4) is 0 Å². The molecule has 0 spiro atoms. The molecule has 0 unspecified atom stereocenters. The molecule has 8 heteroatoms. The first kappa shape index (κ1) is 35.9. The van der Waals surface area contributed by atoms with Gasteiger partial charge in [-0.15, -0.1) is 0 Å². The van der Waals surface area contributed by atoms with E-state index in [4.69, 9.17) is 28.1 Å². The molecule has 52 heavy (non-hydrogen) atoms. The highest BCUT2D eigenvalue weighted by molar-refractivity contribution is 5.94. The molecule has 0 aromatic heterocycles. The third-order valence-corrected chi connectivity index (χ3v) is 7.80. The monoisotopic (exact) mass is 683 g/mol. The van der Waals surface area contributed by atoms with E-state index in [9.17, 15) is 9.59 Å². The van der Waals surface area contributed by atoms with Crippen molar-refractivity contribution in [2.75, 3.05) is 11.5 Å². The van der Waals surface area contributed by atoms with Crippen LogP contribution in [0.4, 0.5) is 17.1 Å². The van der Waals surface area contributed by atoms with Gasteiger partial charge in [-0.25, -0.2) is 9.69 Å². The zero-order valence-electron chi connectivity index (χ0n) is 28.2. The topological polar surface area (TPSA) is 95.8 Å². The van der Waals surface area contributed by atoms with Crippen LogP contribution in [0.15, 0.2) is 133 Å². The summed E-state index contributed by atoms with van der Waals surface area (Å²) < 4.78 is 5.68. The molecule has 0 heterocycles. The van der Waals surface area contributed by atoms with E-state index in [1.807, 2.05) is 104 Å². The first-order valence-electron chi connectivity index (χ1n) is 16.2. The summed E-state index contributed by atoms with van der Waals surface area (Å²) in [5.74, 6) is -1.70. The fourth-order valence-corrected chi connectivity index (χ4v) is 5.17. The minimum Gasteiger partial charge on any atom is -0.494 e. The van der Waals surface area contributed by atoms with Crippen LogP contribution in [0.1, 0.15) is 40.3 Å². The lowest BCUT2D eigenvalue weighted by Gasteiger charge is -2.26. The van der Waals surface area contributed by atoms with Gasteiger partial charge in [-0.3, -0.25) is 9.59 Å². The fraction of sp³-hybridized carbons (Fsp3) is 0.0455. The normalized spacial score (nSPS) is 11.6. The second kappa shape index (κ2) is 17.3. The molecule has 0 saturated heterocycles. The molecule has 0 saturated carbocycles. The van der Waals surface area contributed by atoms with Crippen molar-refractivity contribution in [1.82, 2.24) is 0 Å². The molecule has 0 aliphatic heterocycles. The first-order valence-corrected chi connectivity index (χ1v) is 16.2. The van der Waals surface area contributed by atoms with Gasteiger partial charge in [0, 0.05) is 17.1 Å². The molecule has 5 aromatic rings. The van der Waals surface area contributed by atoms with Gasteiger partial charge >= 0.3 is 11.9 Å². The van der Waals surface area contributed by atoms with Crippen molar-refractivity contribution in [3.8, 4) is 5.75 Å². The average Bonchev–Trinajstić information content (AvgIpc) is 3.17. The predicted molar refractivity (Wildman–Crippen MR) is 207 cm³/mol. The van der Waals surface area contributed by atoms with Crippen molar-refractivity contribution in [1.29, 1.82) is 0 Å². The van der Waals surface area contributed by atoms with Gasteiger partial charge in [0.05, 0.1) is 19.8 Å². The highest BCUT2D eigenvalue weighted by atomic mass is 16.5. The molecule has 2 N–H and O–H groups in total. The Morgan fingerprint density at radius 2 is 0.827 bits per heavy atom. The lowest BCUT2D eigenvalue weighted by atomic mass is 10.1. The Labute approximate surface area is 302 Å². The molecule has 0 bridgehead atoms. The second-order valence-corrected chi connectivity index (χ2v) is 11.3. The van der Waals surface area contributed by atoms with Gasteiger partial charge in [0.25, 0.3) is 11.4 Å². The number of ether oxygens (including phenoxy) is 1. The number of hydrogen-bond acceptors (Lipinski definition) is 4. The van der Waals surface area contributed by atoms with Crippen LogP contribution < -0.4 is 9.64 Å². The minimum absolute atomic E-state index is 0.331. The van der Waals surface area contributed by atoms with Crippen molar-refractivity contribution in [2.24, 2.45) is 0 Å². The van der Waals surface area contributed by atoms with Crippen molar-refractivity contribution in [3.63, 3.8) is 0 Å². The molecule has 5 rings (SSSR count). The summed E-state index contributed by atoms with van der Waals surface area (Å²) in [6, 6.07) is 39.0.